The Morgan fingerprint density at radius 3 is 2.96 bits per heavy atom. The molecule has 0 bridgehead atoms. The zero-order valence-corrected chi connectivity index (χ0v) is 13.7. The molecule has 0 unspecified atom stereocenters. The van der Waals surface area contributed by atoms with E-state index in [2.05, 4.69) is 27.5 Å². The molecule has 0 aliphatic rings. The van der Waals surface area contributed by atoms with Gasteiger partial charge in [-0.05, 0) is 17.5 Å². The average Bonchev–Trinajstić information content (AvgIpc) is 3.18. The van der Waals surface area contributed by atoms with Crippen molar-refractivity contribution in [2.75, 3.05) is 5.32 Å². The lowest BCUT2D eigenvalue weighted by atomic mass is 10.1. The Morgan fingerprint density at radius 2 is 2.12 bits per heavy atom. The van der Waals surface area contributed by atoms with Crippen molar-refractivity contribution in [3.8, 4) is 0 Å². The highest BCUT2D eigenvalue weighted by molar-refractivity contribution is 7.22. The zero-order valence-electron chi connectivity index (χ0n) is 12.9. The van der Waals surface area contributed by atoms with Gasteiger partial charge in [-0.25, -0.2) is 4.98 Å². The summed E-state index contributed by atoms with van der Waals surface area (Å²) < 4.78 is 2.75. The lowest BCUT2D eigenvalue weighted by molar-refractivity contribution is -0.111. The number of aromatic nitrogens is 3. The minimum Gasteiger partial charge on any atom is -0.298 e. The van der Waals surface area contributed by atoms with Gasteiger partial charge in [-0.3, -0.25) is 14.8 Å². The Labute approximate surface area is 142 Å². The van der Waals surface area contributed by atoms with Crippen LogP contribution in [-0.2, 0) is 11.8 Å². The van der Waals surface area contributed by atoms with E-state index in [1.165, 1.54) is 17.4 Å². The molecule has 0 radical (unpaired) electrons. The van der Waals surface area contributed by atoms with Crippen molar-refractivity contribution >= 4 is 49.4 Å². The highest BCUT2D eigenvalue weighted by Gasteiger charge is 2.08. The Hall–Kier alpha value is -2.99. The number of thiazole rings is 1. The summed E-state index contributed by atoms with van der Waals surface area (Å²) in [4.78, 5) is 16.7. The van der Waals surface area contributed by atoms with Gasteiger partial charge in [0.1, 0.15) is 0 Å². The molecule has 0 saturated carbocycles. The van der Waals surface area contributed by atoms with E-state index in [0.717, 1.165) is 26.6 Å². The first kappa shape index (κ1) is 14.6. The zero-order chi connectivity index (χ0) is 16.5. The molecule has 0 saturated heterocycles. The van der Waals surface area contributed by atoms with Gasteiger partial charge in [0, 0.05) is 30.3 Å². The van der Waals surface area contributed by atoms with Gasteiger partial charge in [-0.15, -0.1) is 0 Å². The number of benzene rings is 2. The second kappa shape index (κ2) is 5.90. The summed E-state index contributed by atoms with van der Waals surface area (Å²) >= 11 is 1.47. The van der Waals surface area contributed by atoms with Crippen LogP contribution in [0.25, 0.3) is 27.1 Å². The first-order valence-electron chi connectivity index (χ1n) is 7.45. The van der Waals surface area contributed by atoms with Crippen LogP contribution >= 0.6 is 11.3 Å². The van der Waals surface area contributed by atoms with E-state index in [0.29, 0.717) is 5.13 Å². The third-order valence-corrected chi connectivity index (χ3v) is 4.60. The number of carbonyl (C=O) groups is 1. The van der Waals surface area contributed by atoms with Crippen LogP contribution in [0.3, 0.4) is 0 Å². The Balaban J connectivity index is 1.59. The summed E-state index contributed by atoms with van der Waals surface area (Å²) in [6, 6.07) is 12.2. The normalized spacial score (nSPS) is 11.5. The van der Waals surface area contributed by atoms with Crippen molar-refractivity contribution in [3.05, 3.63) is 60.4 Å². The molecule has 4 aromatic rings. The third kappa shape index (κ3) is 2.79. The van der Waals surface area contributed by atoms with Crippen LogP contribution in [0, 0.1) is 0 Å². The number of hydrogen-bond acceptors (Lipinski definition) is 4. The fraction of sp³-hybridized carbons (Fsp3) is 0.0556. The number of nitrogens with one attached hydrogen (secondary N) is 1. The molecule has 0 aliphatic carbocycles. The number of amides is 1. The molecule has 0 aliphatic heterocycles. The van der Waals surface area contributed by atoms with E-state index >= 15 is 0 Å². The van der Waals surface area contributed by atoms with Crippen molar-refractivity contribution in [1.82, 2.24) is 14.8 Å². The van der Waals surface area contributed by atoms with Crippen molar-refractivity contribution < 1.29 is 4.79 Å². The first-order valence-corrected chi connectivity index (χ1v) is 8.27. The van der Waals surface area contributed by atoms with Gasteiger partial charge < -0.3 is 0 Å². The van der Waals surface area contributed by atoms with Crippen molar-refractivity contribution in [2.45, 2.75) is 0 Å². The number of nitrogens with zero attached hydrogens (tertiary/aromatic N) is 3. The molecule has 0 fully saturated rings. The molecule has 24 heavy (non-hydrogen) atoms. The lowest BCUT2D eigenvalue weighted by Crippen LogP contribution is -2.07. The molecular formula is C18H14N4OS. The molecule has 6 heteroatoms. The van der Waals surface area contributed by atoms with Crippen molar-refractivity contribution in [2.24, 2.45) is 7.05 Å². The maximum atomic E-state index is 12.1. The van der Waals surface area contributed by atoms with E-state index in [1.54, 1.807) is 17.0 Å². The number of rotatable bonds is 3. The highest BCUT2D eigenvalue weighted by Crippen LogP contribution is 2.31. The van der Waals surface area contributed by atoms with Crippen LogP contribution in [0.5, 0.6) is 0 Å². The van der Waals surface area contributed by atoms with Gasteiger partial charge in [0.25, 0.3) is 0 Å². The van der Waals surface area contributed by atoms with Crippen LogP contribution in [0.1, 0.15) is 5.56 Å². The lowest BCUT2D eigenvalue weighted by Gasteiger charge is -1.96. The number of aryl methyl sites for hydroxylation is 1. The van der Waals surface area contributed by atoms with Crippen LogP contribution in [0.15, 0.2) is 54.9 Å². The summed E-state index contributed by atoms with van der Waals surface area (Å²) in [6.07, 6.45) is 6.76. The number of hydrogen-bond donors (Lipinski definition) is 1. The molecular weight excluding hydrogens is 320 g/mol. The summed E-state index contributed by atoms with van der Waals surface area (Å²) in [6.45, 7) is 0. The van der Waals surface area contributed by atoms with Crippen LogP contribution < -0.4 is 5.32 Å². The van der Waals surface area contributed by atoms with Crippen LogP contribution in [0.2, 0.25) is 0 Å². The fourth-order valence-electron chi connectivity index (χ4n) is 2.56. The molecule has 2 heterocycles. The third-order valence-electron chi connectivity index (χ3n) is 3.67. The average molecular weight is 334 g/mol. The van der Waals surface area contributed by atoms with Gasteiger partial charge in [-0.1, -0.05) is 41.7 Å². The number of carbonyl (C=O) groups excluding carboxylic acids is 1. The standard InChI is InChI=1S/C18H14N4OS/c1-22-11-12(10-19-22)6-9-16(23)20-18-21-17-14-5-3-2-4-13(14)7-8-15(17)24-18/h2-11H,1H3,(H,20,21,23)/b9-6+. The smallest absolute Gasteiger partial charge is 0.250 e. The van der Waals surface area contributed by atoms with E-state index < -0.39 is 0 Å². The molecule has 2 aromatic carbocycles. The molecule has 4 rings (SSSR count). The Morgan fingerprint density at radius 1 is 1.25 bits per heavy atom. The summed E-state index contributed by atoms with van der Waals surface area (Å²) in [5.41, 5.74) is 1.80. The van der Waals surface area contributed by atoms with E-state index in [-0.39, 0.29) is 5.91 Å². The Bertz CT molecular complexity index is 1080. The molecule has 2 aromatic heterocycles. The Kier molecular flexibility index (Phi) is 3.59. The van der Waals surface area contributed by atoms with Crippen molar-refractivity contribution in [3.63, 3.8) is 0 Å². The van der Waals surface area contributed by atoms with E-state index in [9.17, 15) is 4.79 Å². The second-order valence-electron chi connectivity index (χ2n) is 5.42. The van der Waals surface area contributed by atoms with Crippen LogP contribution in [-0.4, -0.2) is 20.7 Å². The van der Waals surface area contributed by atoms with Gasteiger partial charge in [0.2, 0.25) is 5.91 Å². The van der Waals surface area contributed by atoms with E-state index in [1.807, 2.05) is 37.5 Å². The first-order chi connectivity index (χ1) is 11.7. The van der Waals surface area contributed by atoms with Gasteiger partial charge in [0.05, 0.1) is 16.4 Å². The molecule has 1 amide bonds. The van der Waals surface area contributed by atoms with Crippen LogP contribution in [0.4, 0.5) is 5.13 Å². The predicted molar refractivity (Wildman–Crippen MR) is 98.0 cm³/mol. The quantitative estimate of drug-likeness (QED) is 0.579. The van der Waals surface area contributed by atoms with Gasteiger partial charge >= 0.3 is 0 Å². The SMILES string of the molecule is Cn1cc(/C=C/C(=O)Nc2nc3c(ccc4ccccc43)s2)cn1. The second-order valence-corrected chi connectivity index (χ2v) is 6.45. The molecule has 118 valence electrons. The summed E-state index contributed by atoms with van der Waals surface area (Å²) in [5.74, 6) is -0.206. The maximum absolute atomic E-state index is 12.1. The molecule has 0 spiro atoms. The molecule has 1 N–H and O–H groups in total. The highest BCUT2D eigenvalue weighted by atomic mass is 32.1. The van der Waals surface area contributed by atoms with Gasteiger partial charge in [0.15, 0.2) is 5.13 Å². The fourth-order valence-corrected chi connectivity index (χ4v) is 3.45. The number of anilines is 1. The minimum absolute atomic E-state index is 0.206. The largest absolute Gasteiger partial charge is 0.298 e. The molecule has 0 atom stereocenters. The predicted octanol–water partition coefficient (Wildman–Crippen LogP) is 3.83. The maximum Gasteiger partial charge on any atom is 0.250 e. The summed E-state index contributed by atoms with van der Waals surface area (Å²) in [7, 11) is 1.84. The van der Waals surface area contributed by atoms with Crippen molar-refractivity contribution in [1.29, 1.82) is 0 Å². The topological polar surface area (TPSA) is 59.8 Å². The minimum atomic E-state index is -0.206. The monoisotopic (exact) mass is 334 g/mol. The molecule has 5 nitrogen and oxygen atoms in total. The van der Waals surface area contributed by atoms with E-state index in [4.69, 9.17) is 0 Å². The summed E-state index contributed by atoms with van der Waals surface area (Å²) in [5, 5.41) is 9.72. The van der Waals surface area contributed by atoms with Gasteiger partial charge in [-0.2, -0.15) is 5.10 Å². The number of fused-ring (bicyclic) bond motifs is 3.